The predicted molar refractivity (Wildman–Crippen MR) is 91.1 cm³/mol. The van der Waals surface area contributed by atoms with Crippen LogP contribution in [-0.2, 0) is 14.3 Å². The molecule has 0 aliphatic carbocycles. The largest absolute Gasteiger partial charge is 0.456 e. The Bertz CT molecular complexity index is 722. The van der Waals surface area contributed by atoms with E-state index in [-0.39, 0.29) is 0 Å². The summed E-state index contributed by atoms with van der Waals surface area (Å²) >= 11 is 0. The highest BCUT2D eigenvalue weighted by Crippen LogP contribution is 2.14. The van der Waals surface area contributed by atoms with E-state index in [1.54, 1.807) is 20.8 Å². The van der Waals surface area contributed by atoms with Crippen molar-refractivity contribution in [3.63, 3.8) is 0 Å². The fourth-order valence-electron chi connectivity index (χ4n) is 1.96. The van der Waals surface area contributed by atoms with Crippen molar-refractivity contribution in [1.29, 1.82) is 0 Å². The van der Waals surface area contributed by atoms with Gasteiger partial charge in [0.2, 0.25) is 5.78 Å². The second kappa shape index (κ2) is 8.43. The van der Waals surface area contributed by atoms with Crippen molar-refractivity contribution in [3.05, 3.63) is 35.4 Å². The van der Waals surface area contributed by atoms with E-state index >= 15 is 0 Å². The summed E-state index contributed by atoms with van der Waals surface area (Å²) in [6.07, 6.45) is -0.978. The normalized spacial score (nSPS) is 12.9. The predicted octanol–water partition coefficient (Wildman–Crippen LogP) is 2.35. The van der Waals surface area contributed by atoms with Gasteiger partial charge in [0.25, 0.3) is 0 Å². The molecule has 150 valence electrons. The van der Waals surface area contributed by atoms with Gasteiger partial charge in [-0.15, -0.1) is 0 Å². The average molecular weight is 387 g/mol. The molecule has 0 spiro atoms. The lowest BCUT2D eigenvalue weighted by molar-refractivity contribution is -0.151. The molecule has 1 amide bonds. The van der Waals surface area contributed by atoms with Gasteiger partial charge < -0.3 is 19.9 Å². The summed E-state index contributed by atoms with van der Waals surface area (Å²) in [4.78, 5) is 36.0. The summed E-state index contributed by atoms with van der Waals surface area (Å²) in [6, 6.07) is 0.733. The van der Waals surface area contributed by atoms with Crippen LogP contribution < -0.4 is 5.32 Å². The smallest absolute Gasteiger partial charge is 0.408 e. The second-order valence-corrected chi connectivity index (χ2v) is 7.39. The van der Waals surface area contributed by atoms with Gasteiger partial charge in [-0.1, -0.05) is 0 Å². The first-order valence-corrected chi connectivity index (χ1v) is 8.07. The molecule has 0 saturated carbocycles. The number of nitrogens with one attached hydrogen (secondary N) is 1. The van der Waals surface area contributed by atoms with Gasteiger partial charge in [0, 0.05) is 0 Å². The minimum Gasteiger partial charge on any atom is -0.456 e. The number of hydrogen-bond donors (Lipinski definition) is 2. The minimum absolute atomic E-state index is 0.581. The van der Waals surface area contributed by atoms with E-state index < -0.39 is 58.9 Å². The number of Topliss-reactive ketones (excluding diaryl/α,β-unsaturated/α-hetero) is 1. The second-order valence-electron chi connectivity index (χ2n) is 7.39. The number of esters is 1. The number of ketones is 1. The molecule has 27 heavy (non-hydrogen) atoms. The number of aliphatic hydroxyl groups is 1. The lowest BCUT2D eigenvalue weighted by atomic mass is 9.99. The van der Waals surface area contributed by atoms with Crippen LogP contribution in [0.25, 0.3) is 0 Å². The van der Waals surface area contributed by atoms with E-state index in [1.165, 1.54) is 13.8 Å². The number of benzene rings is 1. The van der Waals surface area contributed by atoms with E-state index in [0.29, 0.717) is 6.07 Å². The number of ether oxygens (including phenoxy) is 2. The molecule has 0 unspecified atom stereocenters. The minimum atomic E-state index is -1.75. The first kappa shape index (κ1) is 22.5. The molecule has 0 heterocycles. The van der Waals surface area contributed by atoms with Crippen LogP contribution in [0.15, 0.2) is 18.2 Å². The van der Waals surface area contributed by atoms with Crippen LogP contribution >= 0.6 is 0 Å². The number of halogens is 2. The van der Waals surface area contributed by atoms with Crippen molar-refractivity contribution in [1.82, 2.24) is 5.32 Å². The van der Waals surface area contributed by atoms with Crippen LogP contribution in [0.2, 0.25) is 0 Å². The molecule has 1 aromatic rings. The summed E-state index contributed by atoms with van der Waals surface area (Å²) in [7, 11) is 0. The van der Waals surface area contributed by atoms with Crippen LogP contribution in [0.1, 0.15) is 45.0 Å². The zero-order valence-corrected chi connectivity index (χ0v) is 15.8. The molecule has 2 N–H and O–H groups in total. The maximum absolute atomic E-state index is 13.6. The van der Waals surface area contributed by atoms with Gasteiger partial charge in [-0.2, -0.15) is 0 Å². The lowest BCUT2D eigenvalue weighted by Crippen LogP contribution is -2.55. The number of hydrogen-bond acceptors (Lipinski definition) is 6. The molecule has 0 fully saturated rings. The summed E-state index contributed by atoms with van der Waals surface area (Å²) in [5.41, 5.74) is -3.17. The average Bonchev–Trinajstić information content (AvgIpc) is 2.49. The number of carbonyl (C=O) groups excluding carboxylic acids is 3. The van der Waals surface area contributed by atoms with E-state index in [2.05, 4.69) is 5.32 Å². The van der Waals surface area contributed by atoms with Gasteiger partial charge in [0.05, 0.1) is 11.2 Å². The van der Waals surface area contributed by atoms with Crippen molar-refractivity contribution in [2.24, 2.45) is 0 Å². The number of rotatable bonds is 6. The molecule has 7 nitrogen and oxygen atoms in total. The standard InChI is InChI=1S/C18H23F2NO6/c1-17(2,3)27-16(24)21-14(18(4,5)25)15(23)26-9-13(22)11-8-10(19)6-7-12(11)20/h6-8,14,25H,9H2,1-5H3,(H,21,24)/t14-/m0/s1. The Morgan fingerprint density at radius 2 is 1.74 bits per heavy atom. The van der Waals surface area contributed by atoms with E-state index in [0.717, 1.165) is 12.1 Å². The van der Waals surface area contributed by atoms with E-state index in [9.17, 15) is 28.3 Å². The molecule has 0 bridgehead atoms. The van der Waals surface area contributed by atoms with Crippen LogP contribution in [0.4, 0.5) is 13.6 Å². The monoisotopic (exact) mass is 387 g/mol. The maximum Gasteiger partial charge on any atom is 0.408 e. The first-order valence-electron chi connectivity index (χ1n) is 8.07. The molecule has 0 aromatic heterocycles. The van der Waals surface area contributed by atoms with Gasteiger partial charge in [0.1, 0.15) is 17.2 Å². The zero-order valence-electron chi connectivity index (χ0n) is 15.8. The Hall–Kier alpha value is -2.55. The Kier molecular flexibility index (Phi) is 7.02. The fraction of sp³-hybridized carbons (Fsp3) is 0.500. The molecule has 0 aliphatic rings. The Balaban J connectivity index is 2.81. The topological polar surface area (TPSA) is 102 Å². The molecule has 1 aromatic carbocycles. The number of alkyl carbamates (subject to hydrolysis) is 1. The maximum atomic E-state index is 13.6. The van der Waals surface area contributed by atoms with E-state index in [1.807, 2.05) is 0 Å². The third-order valence-corrected chi connectivity index (χ3v) is 3.18. The molecular formula is C18H23F2NO6. The van der Waals surface area contributed by atoms with Crippen LogP contribution in [0.5, 0.6) is 0 Å². The Morgan fingerprint density at radius 3 is 2.26 bits per heavy atom. The lowest BCUT2D eigenvalue weighted by Gasteiger charge is -2.29. The van der Waals surface area contributed by atoms with Gasteiger partial charge >= 0.3 is 12.1 Å². The number of carbonyl (C=O) groups is 3. The molecule has 1 atom stereocenters. The number of amides is 1. The van der Waals surface area contributed by atoms with Crippen LogP contribution in [-0.4, -0.2) is 46.8 Å². The van der Waals surface area contributed by atoms with Crippen LogP contribution in [0.3, 0.4) is 0 Å². The Morgan fingerprint density at radius 1 is 1.15 bits per heavy atom. The summed E-state index contributed by atoms with van der Waals surface area (Å²) < 4.78 is 36.5. The SMILES string of the molecule is CC(C)(C)OC(=O)N[C@@H](C(=O)OCC(=O)c1cc(F)ccc1F)C(C)(C)O. The quantitative estimate of drug-likeness (QED) is 0.574. The molecule has 9 heteroatoms. The highest BCUT2D eigenvalue weighted by molar-refractivity contribution is 5.98. The van der Waals surface area contributed by atoms with Gasteiger partial charge in [-0.25, -0.2) is 18.4 Å². The molecule has 1 rings (SSSR count). The zero-order chi connectivity index (χ0) is 21.0. The third kappa shape index (κ3) is 7.30. The van der Waals surface area contributed by atoms with Gasteiger partial charge in [-0.05, 0) is 52.8 Å². The van der Waals surface area contributed by atoms with Crippen molar-refractivity contribution < 1.29 is 37.7 Å². The molecule has 0 radical (unpaired) electrons. The fourth-order valence-corrected chi connectivity index (χ4v) is 1.96. The highest BCUT2D eigenvalue weighted by atomic mass is 19.1. The van der Waals surface area contributed by atoms with Crippen LogP contribution in [0, 0.1) is 11.6 Å². The summed E-state index contributed by atoms with van der Waals surface area (Å²) in [6.45, 7) is 6.40. The van der Waals surface area contributed by atoms with Gasteiger partial charge in [-0.3, -0.25) is 4.79 Å². The Labute approximate surface area is 155 Å². The first-order chi connectivity index (χ1) is 12.2. The van der Waals surface area contributed by atoms with Gasteiger partial charge in [0.15, 0.2) is 12.6 Å². The summed E-state index contributed by atoms with van der Waals surface area (Å²) in [5, 5.41) is 12.3. The molecule has 0 saturated heterocycles. The van der Waals surface area contributed by atoms with Crippen molar-refractivity contribution in [3.8, 4) is 0 Å². The molecular weight excluding hydrogens is 364 g/mol. The third-order valence-electron chi connectivity index (χ3n) is 3.18. The van der Waals surface area contributed by atoms with Crippen molar-refractivity contribution >= 4 is 17.8 Å². The van der Waals surface area contributed by atoms with E-state index in [4.69, 9.17) is 9.47 Å². The van der Waals surface area contributed by atoms with Crippen molar-refractivity contribution in [2.75, 3.05) is 6.61 Å². The summed E-state index contributed by atoms with van der Waals surface area (Å²) in [5.74, 6) is -3.92. The highest BCUT2D eigenvalue weighted by Gasteiger charge is 2.37. The molecule has 0 aliphatic heterocycles. The van der Waals surface area contributed by atoms with Crippen molar-refractivity contribution in [2.45, 2.75) is 51.9 Å².